The Bertz CT molecular complexity index is 333. The van der Waals surface area contributed by atoms with Crippen LogP contribution in [0.3, 0.4) is 0 Å². The molecule has 1 saturated carbocycles. The maximum absolute atomic E-state index is 10.9. The lowest BCUT2D eigenvalue weighted by molar-refractivity contribution is -0.118. The summed E-state index contributed by atoms with van der Waals surface area (Å²) < 4.78 is 1.96. The Morgan fingerprint density at radius 1 is 1.71 bits per heavy atom. The van der Waals surface area contributed by atoms with Crippen LogP contribution in [-0.4, -0.2) is 21.6 Å². The van der Waals surface area contributed by atoms with E-state index in [1.54, 1.807) is 0 Å². The summed E-state index contributed by atoms with van der Waals surface area (Å²) in [6.45, 7) is 0.464. The van der Waals surface area contributed by atoms with E-state index in [9.17, 15) is 4.79 Å². The molecule has 2 rings (SSSR count). The molecule has 0 saturated heterocycles. The van der Waals surface area contributed by atoms with E-state index in [0.717, 1.165) is 5.69 Å². The number of halogens is 1. The number of hydrogen-bond donors (Lipinski definition) is 1. The van der Waals surface area contributed by atoms with Crippen molar-refractivity contribution in [2.75, 3.05) is 5.88 Å². The largest absolute Gasteiger partial charge is 0.349 e. The number of nitrogens with zero attached hydrogens (tertiary/aromatic N) is 2. The van der Waals surface area contributed by atoms with E-state index >= 15 is 0 Å². The summed E-state index contributed by atoms with van der Waals surface area (Å²) in [6, 6.07) is 2.51. The highest BCUT2D eigenvalue weighted by atomic mass is 35.5. The molecule has 0 aromatic carbocycles. The van der Waals surface area contributed by atoms with Gasteiger partial charge in [0.15, 0.2) is 0 Å². The lowest BCUT2D eigenvalue weighted by Gasteiger charge is -1.99. The van der Waals surface area contributed by atoms with Gasteiger partial charge in [-0.15, -0.1) is 11.6 Å². The van der Waals surface area contributed by atoms with Crippen LogP contribution in [0.25, 0.3) is 0 Å². The third-order valence-corrected chi connectivity index (χ3v) is 2.42. The molecule has 14 heavy (non-hydrogen) atoms. The molecule has 1 fully saturated rings. The molecule has 1 aliphatic rings. The Morgan fingerprint density at radius 2 is 2.50 bits per heavy atom. The standard InChI is InChI=1S/C9H12ClN3O/c10-5-9(14)11-6-7-3-4-13(12-7)8-1-2-8/h3-4,8H,1-2,5-6H2,(H,11,14). The van der Waals surface area contributed by atoms with Crippen molar-refractivity contribution in [1.82, 2.24) is 15.1 Å². The molecule has 0 atom stereocenters. The van der Waals surface area contributed by atoms with E-state index in [4.69, 9.17) is 11.6 Å². The zero-order valence-electron chi connectivity index (χ0n) is 7.74. The summed E-state index contributed by atoms with van der Waals surface area (Å²) in [4.78, 5) is 10.9. The topological polar surface area (TPSA) is 46.9 Å². The van der Waals surface area contributed by atoms with E-state index in [1.807, 2.05) is 16.9 Å². The van der Waals surface area contributed by atoms with Crippen LogP contribution in [0.15, 0.2) is 12.3 Å². The number of aromatic nitrogens is 2. The highest BCUT2D eigenvalue weighted by Gasteiger charge is 2.23. The number of nitrogens with one attached hydrogen (secondary N) is 1. The molecule has 1 aromatic heterocycles. The quantitative estimate of drug-likeness (QED) is 0.761. The lowest BCUT2D eigenvalue weighted by atomic mass is 10.4. The monoisotopic (exact) mass is 213 g/mol. The first-order chi connectivity index (χ1) is 6.79. The Kier molecular flexibility index (Phi) is 2.72. The Hall–Kier alpha value is -1.03. The first kappa shape index (κ1) is 9.52. The predicted octanol–water partition coefficient (Wildman–Crippen LogP) is 1.07. The van der Waals surface area contributed by atoms with Crippen LogP contribution >= 0.6 is 11.6 Å². The molecule has 1 heterocycles. The number of alkyl halides is 1. The predicted molar refractivity (Wildman–Crippen MR) is 53.1 cm³/mol. The van der Waals surface area contributed by atoms with Crippen LogP contribution < -0.4 is 5.32 Å². The average Bonchev–Trinajstić information content (AvgIpc) is 2.95. The van der Waals surface area contributed by atoms with Gasteiger partial charge in [-0.3, -0.25) is 9.48 Å². The lowest BCUT2D eigenvalue weighted by Crippen LogP contribution is -2.23. The van der Waals surface area contributed by atoms with Crippen LogP contribution in [0.1, 0.15) is 24.6 Å². The van der Waals surface area contributed by atoms with Gasteiger partial charge in [-0.2, -0.15) is 5.10 Å². The maximum atomic E-state index is 10.9. The van der Waals surface area contributed by atoms with E-state index in [-0.39, 0.29) is 11.8 Å². The van der Waals surface area contributed by atoms with Crippen molar-refractivity contribution in [2.45, 2.75) is 25.4 Å². The van der Waals surface area contributed by atoms with Crippen molar-refractivity contribution in [3.8, 4) is 0 Å². The Morgan fingerprint density at radius 3 is 3.14 bits per heavy atom. The van der Waals surface area contributed by atoms with Crippen LogP contribution in [0.4, 0.5) is 0 Å². The molecule has 1 aliphatic carbocycles. The number of hydrogen-bond acceptors (Lipinski definition) is 2. The molecule has 0 unspecified atom stereocenters. The molecule has 4 nitrogen and oxygen atoms in total. The van der Waals surface area contributed by atoms with Gasteiger partial charge in [0.1, 0.15) is 5.88 Å². The highest BCUT2D eigenvalue weighted by Crippen LogP contribution is 2.33. The zero-order valence-corrected chi connectivity index (χ0v) is 8.50. The van der Waals surface area contributed by atoms with Gasteiger partial charge >= 0.3 is 0 Å². The second-order valence-electron chi connectivity index (χ2n) is 3.43. The minimum Gasteiger partial charge on any atom is -0.349 e. The van der Waals surface area contributed by atoms with Gasteiger partial charge in [-0.1, -0.05) is 0 Å². The maximum Gasteiger partial charge on any atom is 0.235 e. The second-order valence-corrected chi connectivity index (χ2v) is 3.70. The van der Waals surface area contributed by atoms with E-state index in [1.165, 1.54) is 12.8 Å². The van der Waals surface area contributed by atoms with Crippen molar-refractivity contribution >= 4 is 17.5 Å². The zero-order chi connectivity index (χ0) is 9.97. The van der Waals surface area contributed by atoms with Crippen molar-refractivity contribution in [3.63, 3.8) is 0 Å². The van der Waals surface area contributed by atoms with Crippen LogP contribution in [0, 0.1) is 0 Å². The molecule has 0 bridgehead atoms. The van der Waals surface area contributed by atoms with Crippen LogP contribution in [0.5, 0.6) is 0 Å². The minimum atomic E-state index is -0.160. The summed E-state index contributed by atoms with van der Waals surface area (Å²) >= 11 is 5.35. The third-order valence-electron chi connectivity index (χ3n) is 2.17. The van der Waals surface area contributed by atoms with Gasteiger partial charge in [0, 0.05) is 6.20 Å². The summed E-state index contributed by atoms with van der Waals surface area (Å²) in [5.41, 5.74) is 0.885. The van der Waals surface area contributed by atoms with E-state index < -0.39 is 0 Å². The van der Waals surface area contributed by atoms with Gasteiger partial charge in [0.2, 0.25) is 5.91 Å². The molecule has 0 radical (unpaired) electrons. The average molecular weight is 214 g/mol. The third kappa shape index (κ3) is 2.26. The van der Waals surface area contributed by atoms with E-state index in [0.29, 0.717) is 12.6 Å². The number of carbonyl (C=O) groups is 1. The van der Waals surface area contributed by atoms with Crippen molar-refractivity contribution in [3.05, 3.63) is 18.0 Å². The van der Waals surface area contributed by atoms with Gasteiger partial charge in [-0.05, 0) is 18.9 Å². The normalized spacial score (nSPS) is 15.5. The highest BCUT2D eigenvalue weighted by molar-refractivity contribution is 6.27. The van der Waals surface area contributed by atoms with Crippen LogP contribution in [-0.2, 0) is 11.3 Å². The molecular formula is C9H12ClN3O. The fourth-order valence-corrected chi connectivity index (χ4v) is 1.34. The summed E-state index contributed by atoms with van der Waals surface area (Å²) in [5.74, 6) is -0.156. The van der Waals surface area contributed by atoms with Gasteiger partial charge in [0.25, 0.3) is 0 Å². The summed E-state index contributed by atoms with van der Waals surface area (Å²) in [5, 5.41) is 7.01. The van der Waals surface area contributed by atoms with Gasteiger partial charge < -0.3 is 5.32 Å². The van der Waals surface area contributed by atoms with Crippen LogP contribution in [0.2, 0.25) is 0 Å². The van der Waals surface area contributed by atoms with Gasteiger partial charge in [0.05, 0.1) is 18.3 Å². The van der Waals surface area contributed by atoms with Crippen molar-refractivity contribution in [1.29, 1.82) is 0 Å². The number of rotatable bonds is 4. The number of amides is 1. The SMILES string of the molecule is O=C(CCl)NCc1ccn(C2CC2)n1. The first-order valence-corrected chi connectivity index (χ1v) is 5.20. The first-order valence-electron chi connectivity index (χ1n) is 4.66. The summed E-state index contributed by atoms with van der Waals surface area (Å²) in [7, 11) is 0. The molecule has 76 valence electrons. The van der Waals surface area contributed by atoms with Crippen molar-refractivity contribution < 1.29 is 4.79 Å². The molecule has 5 heteroatoms. The van der Waals surface area contributed by atoms with Crippen molar-refractivity contribution in [2.24, 2.45) is 0 Å². The molecule has 0 spiro atoms. The minimum absolute atomic E-state index is 0.00331. The van der Waals surface area contributed by atoms with E-state index in [2.05, 4.69) is 10.4 Å². The second kappa shape index (κ2) is 4.00. The Balaban J connectivity index is 1.86. The summed E-state index contributed by atoms with van der Waals surface area (Å²) in [6.07, 6.45) is 4.39. The smallest absolute Gasteiger partial charge is 0.235 e. The number of carbonyl (C=O) groups excluding carboxylic acids is 1. The fourth-order valence-electron chi connectivity index (χ4n) is 1.25. The molecule has 0 aliphatic heterocycles. The molecular weight excluding hydrogens is 202 g/mol. The Labute approximate surface area is 87.2 Å². The molecule has 1 N–H and O–H groups in total. The van der Waals surface area contributed by atoms with Gasteiger partial charge in [-0.25, -0.2) is 0 Å². The fraction of sp³-hybridized carbons (Fsp3) is 0.556. The molecule has 1 amide bonds. The molecule has 1 aromatic rings.